The maximum atomic E-state index is 11.8. The number of rotatable bonds is 13. The molecule has 8 heteroatoms. The number of allylic oxidation sites excluding steroid dienone is 1. The number of alkyl halides is 1. The van der Waals surface area contributed by atoms with Crippen LogP contribution in [0, 0.1) is 0 Å². The minimum Gasteiger partial charge on any atom is -0.479 e. The summed E-state index contributed by atoms with van der Waals surface area (Å²) < 4.78 is 29.9. The number of ether oxygens (including phenoxy) is 4. The summed E-state index contributed by atoms with van der Waals surface area (Å²) in [6.07, 6.45) is 7.88. The minimum absolute atomic E-state index is 0.0524. The van der Waals surface area contributed by atoms with Crippen LogP contribution >= 0.6 is 15.9 Å². The van der Waals surface area contributed by atoms with Crippen LogP contribution in [-0.2, 0) is 18.7 Å². The summed E-state index contributed by atoms with van der Waals surface area (Å²) in [6.45, 7) is 16.1. The van der Waals surface area contributed by atoms with Gasteiger partial charge < -0.3 is 23.4 Å². The van der Waals surface area contributed by atoms with Crippen LogP contribution in [-0.4, -0.2) is 51.8 Å². The molecular weight excluding hydrogens is 540 g/mol. The highest BCUT2D eigenvalue weighted by molar-refractivity contribution is 9.09. The third-order valence-corrected chi connectivity index (χ3v) is 11.5. The quantitative estimate of drug-likeness (QED) is 0.0463. The summed E-state index contributed by atoms with van der Waals surface area (Å²) >= 11 is 3.60. The van der Waals surface area contributed by atoms with Crippen molar-refractivity contribution in [3.63, 3.8) is 0 Å². The Bertz CT molecular complexity index is 906. The SMILES string of the molecule is CCOCOc1ccc(/C=C/C(=O)OCC)cc1O[C@H]1C(CCBr)=CCC[C@@H]1O[Si](C)(C)C(C)(C)C. The molecule has 0 saturated heterocycles. The lowest BCUT2D eigenvalue weighted by atomic mass is 9.92. The molecule has 0 radical (unpaired) electrons. The van der Waals surface area contributed by atoms with Crippen LogP contribution in [0.2, 0.25) is 18.1 Å². The van der Waals surface area contributed by atoms with Crippen LogP contribution < -0.4 is 9.47 Å². The fraction of sp³-hybridized carbons (Fsp3) is 0.607. The summed E-state index contributed by atoms with van der Waals surface area (Å²) in [6, 6.07) is 5.62. The molecule has 6 nitrogen and oxygen atoms in total. The van der Waals surface area contributed by atoms with Crippen molar-refractivity contribution in [3.8, 4) is 11.5 Å². The molecular formula is C28H43BrO6Si. The number of hydrogen-bond donors (Lipinski definition) is 0. The van der Waals surface area contributed by atoms with Gasteiger partial charge in [0.05, 0.1) is 12.7 Å². The van der Waals surface area contributed by atoms with Gasteiger partial charge in [-0.25, -0.2) is 4.79 Å². The fourth-order valence-corrected chi connectivity index (χ4v) is 5.45. The van der Waals surface area contributed by atoms with Gasteiger partial charge in [0.25, 0.3) is 0 Å². The normalized spacial score (nSPS) is 18.7. The van der Waals surface area contributed by atoms with Gasteiger partial charge >= 0.3 is 5.97 Å². The lowest BCUT2D eigenvalue weighted by molar-refractivity contribution is -0.137. The van der Waals surface area contributed by atoms with Crippen LogP contribution in [0.3, 0.4) is 0 Å². The summed E-state index contributed by atoms with van der Waals surface area (Å²) in [5.41, 5.74) is 2.04. The Kier molecular flexibility index (Phi) is 12.2. The van der Waals surface area contributed by atoms with Gasteiger partial charge in [0.15, 0.2) is 26.6 Å². The fourth-order valence-electron chi connectivity index (χ4n) is 3.64. The monoisotopic (exact) mass is 582 g/mol. The predicted octanol–water partition coefficient (Wildman–Crippen LogP) is 7.28. The van der Waals surface area contributed by atoms with Crippen LogP contribution in [0.25, 0.3) is 6.08 Å². The standard InChI is InChI=1S/C28H43BrO6Si/c1-8-31-20-33-23-15-13-21(14-16-26(30)32-9-2)19-25(23)34-27-22(17-18-29)11-10-12-24(27)35-36(6,7)28(3,4)5/h11,13-16,19,24,27H,8-10,12,17-18,20H2,1-7H3/b16-14+/t24-,27-/m0/s1. The van der Waals surface area contributed by atoms with Gasteiger partial charge in [-0.1, -0.05) is 48.8 Å². The molecule has 0 amide bonds. The van der Waals surface area contributed by atoms with E-state index in [4.69, 9.17) is 23.4 Å². The smallest absolute Gasteiger partial charge is 0.330 e. The molecule has 36 heavy (non-hydrogen) atoms. The average molecular weight is 584 g/mol. The van der Waals surface area contributed by atoms with E-state index in [1.807, 2.05) is 25.1 Å². The van der Waals surface area contributed by atoms with Crippen molar-refractivity contribution in [1.29, 1.82) is 0 Å². The minimum atomic E-state index is -2.02. The number of hydrogen-bond acceptors (Lipinski definition) is 6. The first-order valence-electron chi connectivity index (χ1n) is 12.8. The molecule has 1 aliphatic rings. The van der Waals surface area contributed by atoms with Gasteiger partial charge in [0, 0.05) is 18.0 Å². The number of esters is 1. The van der Waals surface area contributed by atoms with Crippen molar-refractivity contribution in [1.82, 2.24) is 0 Å². The van der Waals surface area contributed by atoms with Crippen LogP contribution in [0.15, 0.2) is 35.9 Å². The Hall–Kier alpha value is -1.61. The molecule has 0 unspecified atom stereocenters. The van der Waals surface area contributed by atoms with E-state index in [-0.39, 0.29) is 30.0 Å². The Morgan fingerprint density at radius 2 is 1.92 bits per heavy atom. The molecule has 0 aromatic heterocycles. The molecule has 1 aromatic rings. The molecule has 0 heterocycles. The number of carbonyl (C=O) groups excluding carboxylic acids is 1. The zero-order valence-corrected chi connectivity index (χ0v) is 25.5. The van der Waals surface area contributed by atoms with Crippen molar-refractivity contribution in [2.75, 3.05) is 25.3 Å². The molecule has 0 aliphatic heterocycles. The molecule has 202 valence electrons. The maximum absolute atomic E-state index is 11.8. The van der Waals surface area contributed by atoms with E-state index in [0.717, 1.165) is 30.2 Å². The molecule has 1 aliphatic carbocycles. The van der Waals surface area contributed by atoms with Gasteiger partial charge in [-0.15, -0.1) is 0 Å². The Morgan fingerprint density at radius 1 is 1.17 bits per heavy atom. The first-order valence-corrected chi connectivity index (χ1v) is 16.8. The molecule has 2 rings (SSSR count). The largest absolute Gasteiger partial charge is 0.479 e. The van der Waals surface area contributed by atoms with E-state index in [0.29, 0.717) is 24.7 Å². The van der Waals surface area contributed by atoms with Gasteiger partial charge in [-0.3, -0.25) is 0 Å². The zero-order valence-electron chi connectivity index (χ0n) is 22.9. The number of halogens is 1. The lowest BCUT2D eigenvalue weighted by Crippen LogP contribution is -2.49. The van der Waals surface area contributed by atoms with Gasteiger partial charge in [0.2, 0.25) is 0 Å². The second kappa shape index (κ2) is 14.4. The summed E-state index contributed by atoms with van der Waals surface area (Å²) in [4.78, 5) is 11.8. The van der Waals surface area contributed by atoms with E-state index in [9.17, 15) is 4.79 Å². The van der Waals surface area contributed by atoms with Crippen molar-refractivity contribution in [2.45, 2.75) is 84.2 Å². The van der Waals surface area contributed by atoms with Gasteiger partial charge in [-0.05, 0) is 80.6 Å². The lowest BCUT2D eigenvalue weighted by Gasteiger charge is -2.43. The number of carbonyl (C=O) groups is 1. The number of benzene rings is 1. The Morgan fingerprint density at radius 3 is 2.56 bits per heavy atom. The summed E-state index contributed by atoms with van der Waals surface area (Å²) in [7, 11) is -2.02. The van der Waals surface area contributed by atoms with Crippen molar-refractivity contribution < 1.29 is 28.2 Å². The van der Waals surface area contributed by atoms with Crippen molar-refractivity contribution in [2.24, 2.45) is 0 Å². The molecule has 1 aromatic carbocycles. The van der Waals surface area contributed by atoms with Crippen LogP contribution in [0.5, 0.6) is 11.5 Å². The van der Waals surface area contributed by atoms with Crippen LogP contribution in [0.4, 0.5) is 0 Å². The molecule has 0 bridgehead atoms. The first-order chi connectivity index (χ1) is 17.0. The van der Waals surface area contributed by atoms with E-state index >= 15 is 0 Å². The van der Waals surface area contributed by atoms with Crippen molar-refractivity contribution in [3.05, 3.63) is 41.5 Å². The van der Waals surface area contributed by atoms with Gasteiger partial charge in [0.1, 0.15) is 6.10 Å². The van der Waals surface area contributed by atoms with Gasteiger partial charge in [-0.2, -0.15) is 0 Å². The summed E-state index contributed by atoms with van der Waals surface area (Å²) in [5, 5.41) is 0.944. The average Bonchev–Trinajstić information content (AvgIpc) is 2.80. The van der Waals surface area contributed by atoms with E-state index in [1.54, 1.807) is 13.0 Å². The third-order valence-electron chi connectivity index (χ3n) is 6.62. The van der Waals surface area contributed by atoms with Crippen molar-refractivity contribution >= 4 is 36.3 Å². The Balaban J connectivity index is 2.41. The zero-order chi connectivity index (χ0) is 26.8. The second-order valence-electron chi connectivity index (χ2n) is 10.3. The third kappa shape index (κ3) is 9.05. The molecule has 2 atom stereocenters. The first kappa shape index (κ1) is 30.6. The topological polar surface area (TPSA) is 63.2 Å². The molecule has 0 saturated carbocycles. The molecule has 0 N–H and O–H groups in total. The second-order valence-corrected chi connectivity index (χ2v) is 15.8. The van der Waals surface area contributed by atoms with E-state index in [2.05, 4.69) is 55.9 Å². The summed E-state index contributed by atoms with van der Waals surface area (Å²) in [5.74, 6) is 0.804. The highest BCUT2D eigenvalue weighted by atomic mass is 79.9. The highest BCUT2D eigenvalue weighted by Gasteiger charge is 2.42. The maximum Gasteiger partial charge on any atom is 0.330 e. The van der Waals surface area contributed by atoms with E-state index in [1.165, 1.54) is 11.6 Å². The Labute approximate surface area is 226 Å². The molecule has 0 fully saturated rings. The van der Waals surface area contributed by atoms with E-state index < -0.39 is 8.32 Å². The highest BCUT2D eigenvalue weighted by Crippen LogP contribution is 2.41. The van der Waals surface area contributed by atoms with Crippen LogP contribution in [0.1, 0.15) is 59.4 Å². The predicted molar refractivity (Wildman–Crippen MR) is 151 cm³/mol. The molecule has 0 spiro atoms.